The van der Waals surface area contributed by atoms with E-state index in [1.165, 1.54) is 18.6 Å². The molecule has 0 bridgehead atoms. The molecule has 0 spiro atoms. The summed E-state index contributed by atoms with van der Waals surface area (Å²) in [5.41, 5.74) is 0.351. The van der Waals surface area contributed by atoms with Crippen molar-refractivity contribution in [2.24, 2.45) is 0 Å². The molecule has 0 aliphatic carbocycles. The summed E-state index contributed by atoms with van der Waals surface area (Å²) >= 11 is 5.27. The minimum Gasteiger partial charge on any atom is -0.472 e. The van der Waals surface area contributed by atoms with Gasteiger partial charge < -0.3 is 4.42 Å². The van der Waals surface area contributed by atoms with Crippen molar-refractivity contribution >= 4 is 11.6 Å². The zero-order chi connectivity index (χ0) is 6.91. The number of rotatable bonds is 1. The van der Waals surface area contributed by atoms with Gasteiger partial charge in [-0.05, 0) is 6.07 Å². The zero-order valence-corrected chi connectivity index (χ0v) is 4.27. The first-order valence-electron chi connectivity index (χ1n) is 2.82. The molecular weight excluding hydrogens is 112 g/mol. The van der Waals surface area contributed by atoms with Crippen LogP contribution in [0.25, 0.3) is 0 Å². The Hall–Kier alpha value is -0.430. The smallest absolute Gasteiger partial charge is 0.0946 e. The normalized spacial score (nSPS) is 15.6. The predicted molar refractivity (Wildman–Crippen MR) is 28.3 cm³/mol. The van der Waals surface area contributed by atoms with Gasteiger partial charge in [0.25, 0.3) is 0 Å². The van der Waals surface area contributed by atoms with Crippen LogP contribution in [0.1, 0.15) is 8.30 Å². The molecule has 0 fully saturated rings. The van der Waals surface area contributed by atoms with E-state index in [0.29, 0.717) is 5.56 Å². The molecule has 7 heavy (non-hydrogen) atoms. The van der Waals surface area contributed by atoms with Crippen molar-refractivity contribution in [3.8, 4) is 0 Å². The topological polar surface area (TPSA) is 13.1 Å². The lowest BCUT2D eigenvalue weighted by Gasteiger charge is -1.74. The van der Waals surface area contributed by atoms with Gasteiger partial charge in [0.05, 0.1) is 18.4 Å². The molecule has 0 N–H and O–H groups in total. The summed E-state index contributed by atoms with van der Waals surface area (Å²) < 4.78 is 18.5. The van der Waals surface area contributed by atoms with Crippen molar-refractivity contribution < 1.29 is 7.16 Å². The molecule has 2 heteroatoms. The van der Waals surface area contributed by atoms with Crippen molar-refractivity contribution in [1.29, 1.82) is 0 Å². The van der Waals surface area contributed by atoms with Gasteiger partial charge in [-0.1, -0.05) is 0 Å². The van der Waals surface area contributed by atoms with Gasteiger partial charge in [0, 0.05) is 8.30 Å². The molecule has 1 aromatic heterocycles. The lowest BCUT2D eigenvalue weighted by Crippen LogP contribution is -1.62. The summed E-state index contributed by atoms with van der Waals surface area (Å²) in [6, 6.07) is 1.49. The highest BCUT2D eigenvalue weighted by atomic mass is 35.5. The second-order valence-electron chi connectivity index (χ2n) is 1.11. The zero-order valence-electron chi connectivity index (χ0n) is 5.52. The lowest BCUT2D eigenvalue weighted by molar-refractivity contribution is 0.565. The maximum Gasteiger partial charge on any atom is 0.0946 e. The fourth-order valence-corrected chi connectivity index (χ4v) is 0.426. The van der Waals surface area contributed by atoms with E-state index in [4.69, 9.17) is 14.3 Å². The molecule has 1 nitrogen and oxygen atoms in total. The van der Waals surface area contributed by atoms with Gasteiger partial charge in [-0.2, -0.15) is 0 Å². The molecule has 38 valence electrons. The third-order valence-corrected chi connectivity index (χ3v) is 0.849. The maximum atomic E-state index is 6.96. The molecule has 0 amide bonds. The van der Waals surface area contributed by atoms with E-state index in [-0.39, 0.29) is 0 Å². The van der Waals surface area contributed by atoms with Crippen LogP contribution in [0.2, 0.25) is 0 Å². The minimum atomic E-state index is -1.80. The largest absolute Gasteiger partial charge is 0.472 e. The number of halogens is 1. The van der Waals surface area contributed by atoms with E-state index in [0.717, 1.165) is 0 Å². The fraction of sp³-hybridized carbons (Fsp3) is 0.200. The highest BCUT2D eigenvalue weighted by Crippen LogP contribution is 2.01. The molecule has 0 aromatic carbocycles. The van der Waals surface area contributed by atoms with Gasteiger partial charge >= 0.3 is 0 Å². The molecular formula is C5H5ClO. The number of hydrogen-bond donors (Lipinski definition) is 0. The third kappa shape index (κ3) is 0.967. The Bertz CT molecular complexity index is 177. The standard InChI is InChI=1S/C5H5ClO/c6-3-5-1-2-7-4-5/h1-2,4H,3H2/i3D2. The van der Waals surface area contributed by atoms with Crippen LogP contribution in [0, 0.1) is 0 Å². The van der Waals surface area contributed by atoms with Crippen molar-refractivity contribution in [3.05, 3.63) is 24.2 Å². The number of alkyl halides is 1. The molecule has 1 rings (SSSR count). The third-order valence-electron chi connectivity index (χ3n) is 0.630. The first kappa shape index (κ1) is 2.78. The Balaban J connectivity index is 2.90. The van der Waals surface area contributed by atoms with Gasteiger partial charge in [0.1, 0.15) is 0 Å². The summed E-state index contributed by atoms with van der Waals surface area (Å²) in [6.07, 6.45) is 2.67. The Morgan fingerprint density at radius 2 is 2.86 bits per heavy atom. The number of hydrogen-bond acceptors (Lipinski definition) is 1. The van der Waals surface area contributed by atoms with Crippen LogP contribution in [0.15, 0.2) is 23.0 Å². The van der Waals surface area contributed by atoms with E-state index < -0.39 is 5.83 Å². The first-order valence-corrected chi connectivity index (χ1v) is 2.20. The maximum absolute atomic E-state index is 6.96. The van der Waals surface area contributed by atoms with Crippen molar-refractivity contribution in [3.63, 3.8) is 0 Å². The van der Waals surface area contributed by atoms with Gasteiger partial charge in [-0.25, -0.2) is 0 Å². The van der Waals surface area contributed by atoms with Crippen molar-refractivity contribution in [2.45, 2.75) is 5.83 Å². The number of furan rings is 1. The molecule has 1 aromatic rings. The van der Waals surface area contributed by atoms with Gasteiger partial charge in [-0.15, -0.1) is 11.6 Å². The van der Waals surface area contributed by atoms with Gasteiger partial charge in [0.2, 0.25) is 0 Å². The molecule has 0 radical (unpaired) electrons. The van der Waals surface area contributed by atoms with Gasteiger partial charge in [0.15, 0.2) is 0 Å². The van der Waals surface area contributed by atoms with Crippen LogP contribution >= 0.6 is 11.6 Å². The fourth-order valence-electron chi connectivity index (χ4n) is 0.318. The second-order valence-corrected chi connectivity index (χ2v) is 1.30. The SMILES string of the molecule is [2H]C([2H])(Cl)c1ccoc1. The van der Waals surface area contributed by atoms with E-state index in [1.807, 2.05) is 0 Å². The summed E-state index contributed by atoms with van der Waals surface area (Å²) in [5.74, 6) is -1.80. The van der Waals surface area contributed by atoms with Crippen molar-refractivity contribution in [1.82, 2.24) is 0 Å². The average Bonchev–Trinajstić information content (AvgIpc) is 2.08. The predicted octanol–water partition coefficient (Wildman–Crippen LogP) is 2.02. The second kappa shape index (κ2) is 2.03. The summed E-state index contributed by atoms with van der Waals surface area (Å²) in [5, 5.41) is 0. The van der Waals surface area contributed by atoms with Crippen LogP contribution in [-0.2, 0) is 5.83 Å². The summed E-state index contributed by atoms with van der Waals surface area (Å²) in [6.45, 7) is 0. The van der Waals surface area contributed by atoms with Crippen LogP contribution in [0.4, 0.5) is 0 Å². The molecule has 0 aliphatic heterocycles. The molecule has 0 unspecified atom stereocenters. The van der Waals surface area contributed by atoms with Crippen LogP contribution in [0.5, 0.6) is 0 Å². The van der Waals surface area contributed by atoms with E-state index >= 15 is 0 Å². The molecule has 0 saturated heterocycles. The Morgan fingerprint density at radius 1 is 2.00 bits per heavy atom. The Morgan fingerprint density at radius 3 is 3.14 bits per heavy atom. The van der Waals surface area contributed by atoms with E-state index in [1.54, 1.807) is 0 Å². The van der Waals surface area contributed by atoms with E-state index in [2.05, 4.69) is 4.42 Å². The Kier molecular flexibility index (Phi) is 0.805. The molecule has 1 heterocycles. The highest BCUT2D eigenvalue weighted by molar-refractivity contribution is 6.17. The first-order chi connectivity index (χ1) is 4.11. The summed E-state index contributed by atoms with van der Waals surface area (Å²) in [7, 11) is 0. The quantitative estimate of drug-likeness (QED) is 0.515. The monoisotopic (exact) mass is 118 g/mol. The molecule has 0 aliphatic rings. The Labute approximate surface area is 49.7 Å². The minimum absolute atomic E-state index is 0.351. The average molecular weight is 119 g/mol. The molecule has 0 atom stereocenters. The van der Waals surface area contributed by atoms with Crippen LogP contribution < -0.4 is 0 Å². The van der Waals surface area contributed by atoms with E-state index in [9.17, 15) is 0 Å². The highest BCUT2D eigenvalue weighted by Gasteiger charge is 1.85. The summed E-state index contributed by atoms with van der Waals surface area (Å²) in [4.78, 5) is 0. The molecule has 0 saturated carbocycles. The lowest BCUT2D eigenvalue weighted by atomic mass is 10.4. The van der Waals surface area contributed by atoms with Gasteiger partial charge in [-0.3, -0.25) is 0 Å². The van der Waals surface area contributed by atoms with Crippen LogP contribution in [-0.4, -0.2) is 0 Å². The van der Waals surface area contributed by atoms with Crippen LogP contribution in [0.3, 0.4) is 0 Å². The van der Waals surface area contributed by atoms with Crippen molar-refractivity contribution in [2.75, 3.05) is 0 Å².